The van der Waals surface area contributed by atoms with Crippen LogP contribution in [0.5, 0.6) is 5.75 Å². The van der Waals surface area contributed by atoms with Crippen molar-refractivity contribution in [3.63, 3.8) is 0 Å². The van der Waals surface area contributed by atoms with Crippen LogP contribution in [0.4, 0.5) is 0 Å². The molecule has 0 aromatic heterocycles. The first kappa shape index (κ1) is 17.5. The van der Waals surface area contributed by atoms with Crippen LogP contribution < -0.4 is 10.1 Å². The van der Waals surface area contributed by atoms with E-state index in [0.29, 0.717) is 24.5 Å². The normalized spacial score (nSPS) is 13.8. The Morgan fingerprint density at radius 1 is 1.33 bits per heavy atom. The molecule has 1 aromatic rings. The van der Waals surface area contributed by atoms with E-state index in [0.717, 1.165) is 12.2 Å². The van der Waals surface area contributed by atoms with E-state index >= 15 is 0 Å². The molecule has 4 heteroatoms. The van der Waals surface area contributed by atoms with Gasteiger partial charge in [-0.15, -0.1) is 0 Å². The van der Waals surface area contributed by atoms with Gasteiger partial charge in [-0.1, -0.05) is 20.8 Å². The molecule has 0 saturated heterocycles. The Hall–Kier alpha value is -1.55. The van der Waals surface area contributed by atoms with E-state index in [-0.39, 0.29) is 18.1 Å². The quantitative estimate of drug-likeness (QED) is 0.774. The van der Waals surface area contributed by atoms with Crippen molar-refractivity contribution in [1.82, 2.24) is 5.32 Å². The van der Waals surface area contributed by atoms with Crippen LogP contribution in [0.15, 0.2) is 24.3 Å². The summed E-state index contributed by atoms with van der Waals surface area (Å²) in [7, 11) is 0. The molecule has 0 aliphatic carbocycles. The fraction of sp³-hybridized carbons (Fsp3) is 0.588. The number of rotatable bonds is 8. The van der Waals surface area contributed by atoms with Gasteiger partial charge in [0.1, 0.15) is 5.75 Å². The first-order chi connectivity index (χ1) is 9.90. The van der Waals surface area contributed by atoms with E-state index in [1.807, 2.05) is 26.0 Å². The number of ether oxygens (including phenoxy) is 1. The Labute approximate surface area is 127 Å². The van der Waals surface area contributed by atoms with Gasteiger partial charge < -0.3 is 15.2 Å². The van der Waals surface area contributed by atoms with Gasteiger partial charge in [0.15, 0.2) is 0 Å². The maximum Gasteiger partial charge on any atom is 0.251 e. The van der Waals surface area contributed by atoms with Crippen LogP contribution in [0.2, 0.25) is 0 Å². The molecule has 0 saturated carbocycles. The molecule has 1 atom stereocenters. The number of hydrogen-bond donors (Lipinski definition) is 2. The maximum absolute atomic E-state index is 12.2. The second kappa shape index (κ2) is 8.03. The Balaban J connectivity index is 2.66. The van der Waals surface area contributed by atoms with Crippen molar-refractivity contribution in [2.45, 2.75) is 46.1 Å². The van der Waals surface area contributed by atoms with E-state index < -0.39 is 0 Å². The van der Waals surface area contributed by atoms with Crippen LogP contribution in [0, 0.1) is 5.92 Å². The maximum atomic E-state index is 12.2. The molecule has 1 amide bonds. The summed E-state index contributed by atoms with van der Waals surface area (Å²) in [4.78, 5) is 12.2. The summed E-state index contributed by atoms with van der Waals surface area (Å²) in [5.41, 5.74) is 0.225. The molecule has 21 heavy (non-hydrogen) atoms. The SMILES string of the molecule is CCC(C)(CCO)NC(=O)c1ccc(OCC(C)C)cc1. The standard InChI is InChI=1S/C17H27NO3/c1-5-17(4,10-11-19)18-16(20)14-6-8-15(9-7-14)21-12-13(2)3/h6-9,13,19H,5,10-12H2,1-4H3,(H,18,20). The van der Waals surface area contributed by atoms with Gasteiger partial charge in [0.2, 0.25) is 0 Å². The zero-order chi connectivity index (χ0) is 15.9. The summed E-state index contributed by atoms with van der Waals surface area (Å²) < 4.78 is 5.60. The average Bonchev–Trinajstić information content (AvgIpc) is 2.45. The average molecular weight is 293 g/mol. The summed E-state index contributed by atoms with van der Waals surface area (Å²) >= 11 is 0. The lowest BCUT2D eigenvalue weighted by atomic mass is 9.94. The highest BCUT2D eigenvalue weighted by atomic mass is 16.5. The van der Waals surface area contributed by atoms with Gasteiger partial charge in [-0.2, -0.15) is 0 Å². The van der Waals surface area contributed by atoms with Gasteiger partial charge in [-0.05, 0) is 49.9 Å². The number of nitrogens with one attached hydrogen (secondary N) is 1. The highest BCUT2D eigenvalue weighted by molar-refractivity contribution is 5.94. The van der Waals surface area contributed by atoms with Gasteiger partial charge in [-0.3, -0.25) is 4.79 Å². The van der Waals surface area contributed by atoms with Crippen LogP contribution in [0.1, 0.15) is 50.9 Å². The Bertz CT molecular complexity index is 442. The third kappa shape index (κ3) is 5.76. The molecule has 0 aliphatic heterocycles. The van der Waals surface area contributed by atoms with Gasteiger partial charge in [-0.25, -0.2) is 0 Å². The van der Waals surface area contributed by atoms with Crippen LogP contribution in [-0.2, 0) is 0 Å². The molecule has 2 N–H and O–H groups in total. The van der Waals surface area contributed by atoms with Gasteiger partial charge >= 0.3 is 0 Å². The van der Waals surface area contributed by atoms with Crippen molar-refractivity contribution in [2.24, 2.45) is 5.92 Å². The van der Waals surface area contributed by atoms with Crippen molar-refractivity contribution in [3.8, 4) is 5.75 Å². The number of amides is 1. The van der Waals surface area contributed by atoms with Gasteiger partial charge in [0.25, 0.3) is 5.91 Å². The van der Waals surface area contributed by atoms with Crippen LogP contribution in [-0.4, -0.2) is 29.8 Å². The summed E-state index contributed by atoms with van der Waals surface area (Å²) in [6.45, 7) is 8.85. The smallest absolute Gasteiger partial charge is 0.251 e. The van der Waals surface area contributed by atoms with E-state index in [2.05, 4.69) is 19.2 Å². The van der Waals surface area contributed by atoms with Crippen molar-refractivity contribution >= 4 is 5.91 Å². The fourth-order valence-electron chi connectivity index (χ4n) is 1.89. The summed E-state index contributed by atoms with van der Waals surface area (Å²) in [5, 5.41) is 12.1. The molecule has 0 aliphatic rings. The molecule has 4 nitrogen and oxygen atoms in total. The molecule has 1 rings (SSSR count). The molecule has 0 fully saturated rings. The number of benzene rings is 1. The summed E-state index contributed by atoms with van der Waals surface area (Å²) in [5.74, 6) is 1.12. The molecular formula is C17H27NO3. The monoisotopic (exact) mass is 293 g/mol. The third-order valence-corrected chi connectivity index (χ3v) is 3.56. The number of hydrogen-bond acceptors (Lipinski definition) is 3. The van der Waals surface area contributed by atoms with E-state index in [4.69, 9.17) is 9.84 Å². The molecule has 0 bridgehead atoms. The van der Waals surface area contributed by atoms with Gasteiger partial charge in [0.05, 0.1) is 6.61 Å². The summed E-state index contributed by atoms with van der Waals surface area (Å²) in [6.07, 6.45) is 1.32. The molecule has 1 unspecified atom stereocenters. The molecule has 0 heterocycles. The zero-order valence-electron chi connectivity index (χ0n) is 13.5. The first-order valence-corrected chi connectivity index (χ1v) is 7.56. The van der Waals surface area contributed by atoms with Crippen molar-refractivity contribution < 1.29 is 14.6 Å². The van der Waals surface area contributed by atoms with Crippen molar-refractivity contribution in [2.75, 3.05) is 13.2 Å². The molecule has 0 radical (unpaired) electrons. The van der Waals surface area contributed by atoms with Crippen molar-refractivity contribution in [1.29, 1.82) is 0 Å². The lowest BCUT2D eigenvalue weighted by Gasteiger charge is -2.29. The summed E-state index contributed by atoms with van der Waals surface area (Å²) in [6, 6.07) is 7.15. The van der Waals surface area contributed by atoms with E-state index in [1.165, 1.54) is 0 Å². The minimum Gasteiger partial charge on any atom is -0.493 e. The second-order valence-corrected chi connectivity index (χ2v) is 6.07. The minimum absolute atomic E-state index is 0.0621. The number of aliphatic hydroxyl groups is 1. The third-order valence-electron chi connectivity index (χ3n) is 3.56. The highest BCUT2D eigenvalue weighted by Crippen LogP contribution is 2.17. The number of carbonyl (C=O) groups is 1. The largest absolute Gasteiger partial charge is 0.493 e. The molecule has 118 valence electrons. The molecular weight excluding hydrogens is 266 g/mol. The highest BCUT2D eigenvalue weighted by Gasteiger charge is 2.24. The lowest BCUT2D eigenvalue weighted by Crippen LogP contribution is -2.46. The first-order valence-electron chi connectivity index (χ1n) is 7.56. The number of aliphatic hydroxyl groups excluding tert-OH is 1. The Kier molecular flexibility index (Phi) is 6.69. The van der Waals surface area contributed by atoms with E-state index in [1.54, 1.807) is 12.1 Å². The zero-order valence-corrected chi connectivity index (χ0v) is 13.5. The fourth-order valence-corrected chi connectivity index (χ4v) is 1.89. The Morgan fingerprint density at radius 2 is 1.95 bits per heavy atom. The van der Waals surface area contributed by atoms with Crippen LogP contribution in [0.25, 0.3) is 0 Å². The molecule has 0 spiro atoms. The van der Waals surface area contributed by atoms with Gasteiger partial charge in [0, 0.05) is 17.7 Å². The lowest BCUT2D eigenvalue weighted by molar-refractivity contribution is 0.0886. The van der Waals surface area contributed by atoms with E-state index in [9.17, 15) is 4.79 Å². The topological polar surface area (TPSA) is 58.6 Å². The van der Waals surface area contributed by atoms with Crippen LogP contribution in [0.3, 0.4) is 0 Å². The Morgan fingerprint density at radius 3 is 2.43 bits per heavy atom. The minimum atomic E-state index is -0.376. The molecule has 1 aromatic carbocycles. The second-order valence-electron chi connectivity index (χ2n) is 6.07. The predicted octanol–water partition coefficient (Wildman–Crippen LogP) is 3.00. The number of carbonyl (C=O) groups excluding carboxylic acids is 1. The van der Waals surface area contributed by atoms with Crippen molar-refractivity contribution in [3.05, 3.63) is 29.8 Å². The predicted molar refractivity (Wildman–Crippen MR) is 84.6 cm³/mol. The van der Waals surface area contributed by atoms with Crippen LogP contribution >= 0.6 is 0 Å².